The molecule has 2 aromatic rings. The number of carbonyl (C=O) groups is 2. The number of hydrogen-bond acceptors (Lipinski definition) is 4. The van der Waals surface area contributed by atoms with E-state index < -0.39 is 5.92 Å². The highest BCUT2D eigenvalue weighted by Gasteiger charge is 2.35. The van der Waals surface area contributed by atoms with Gasteiger partial charge in [-0.2, -0.15) is 0 Å². The van der Waals surface area contributed by atoms with Crippen molar-refractivity contribution >= 4 is 28.8 Å². The standard InChI is InChI=1S/C17H18FN3O2S/c1-10-3-4-13(6-14(10)18)21-8-12(5-16(21)22)17(23)19-7-15-20-11(2)9-24-15/h3-4,6,9,12H,5,7-8H2,1-2H3,(H,19,23)/t12-/m0/s1. The van der Waals surface area contributed by atoms with Gasteiger partial charge in [0.15, 0.2) is 0 Å². The van der Waals surface area contributed by atoms with Gasteiger partial charge >= 0.3 is 0 Å². The summed E-state index contributed by atoms with van der Waals surface area (Å²) in [5, 5.41) is 5.58. The van der Waals surface area contributed by atoms with Gasteiger partial charge < -0.3 is 10.2 Å². The van der Waals surface area contributed by atoms with Crippen LogP contribution in [-0.4, -0.2) is 23.3 Å². The van der Waals surface area contributed by atoms with Crippen LogP contribution in [0.4, 0.5) is 10.1 Å². The lowest BCUT2D eigenvalue weighted by molar-refractivity contribution is -0.126. The molecule has 5 nitrogen and oxygen atoms in total. The second kappa shape index (κ2) is 6.68. The van der Waals surface area contributed by atoms with Crippen LogP contribution in [0.5, 0.6) is 0 Å². The zero-order chi connectivity index (χ0) is 17.3. The molecule has 1 aromatic carbocycles. The first kappa shape index (κ1) is 16.6. The Morgan fingerprint density at radius 3 is 2.92 bits per heavy atom. The number of nitrogens with one attached hydrogen (secondary N) is 1. The Hall–Kier alpha value is -2.28. The summed E-state index contributed by atoms with van der Waals surface area (Å²) in [7, 11) is 0. The van der Waals surface area contributed by atoms with Crippen LogP contribution in [0.2, 0.25) is 0 Å². The lowest BCUT2D eigenvalue weighted by Crippen LogP contribution is -2.32. The summed E-state index contributed by atoms with van der Waals surface area (Å²) in [6.07, 6.45) is 0.137. The van der Waals surface area contributed by atoms with E-state index >= 15 is 0 Å². The molecule has 3 rings (SSSR count). The van der Waals surface area contributed by atoms with Gasteiger partial charge in [-0.05, 0) is 31.5 Å². The molecule has 1 saturated heterocycles. The van der Waals surface area contributed by atoms with E-state index in [1.807, 2.05) is 12.3 Å². The summed E-state index contributed by atoms with van der Waals surface area (Å²) in [4.78, 5) is 30.2. The van der Waals surface area contributed by atoms with Crippen LogP contribution < -0.4 is 10.2 Å². The number of hydrogen-bond donors (Lipinski definition) is 1. The largest absolute Gasteiger partial charge is 0.349 e. The maximum Gasteiger partial charge on any atom is 0.227 e. The number of amides is 2. The van der Waals surface area contributed by atoms with Crippen molar-refractivity contribution in [1.82, 2.24) is 10.3 Å². The average molecular weight is 347 g/mol. The number of benzene rings is 1. The molecule has 1 atom stereocenters. The van der Waals surface area contributed by atoms with E-state index in [4.69, 9.17) is 0 Å². The van der Waals surface area contributed by atoms with E-state index in [0.717, 1.165) is 10.7 Å². The van der Waals surface area contributed by atoms with Crippen molar-refractivity contribution in [2.24, 2.45) is 5.92 Å². The Labute approximate surface area is 143 Å². The highest BCUT2D eigenvalue weighted by molar-refractivity contribution is 7.09. The van der Waals surface area contributed by atoms with Gasteiger partial charge in [0, 0.05) is 29.7 Å². The number of rotatable bonds is 4. The maximum atomic E-state index is 13.7. The molecule has 7 heteroatoms. The molecule has 1 aliphatic rings. The highest BCUT2D eigenvalue weighted by Crippen LogP contribution is 2.26. The predicted molar refractivity (Wildman–Crippen MR) is 90.3 cm³/mol. The van der Waals surface area contributed by atoms with E-state index in [2.05, 4.69) is 10.3 Å². The van der Waals surface area contributed by atoms with Gasteiger partial charge in [0.1, 0.15) is 10.8 Å². The zero-order valence-corrected chi connectivity index (χ0v) is 14.3. The third-order valence-electron chi connectivity index (χ3n) is 4.04. The second-order valence-electron chi connectivity index (χ2n) is 5.94. The van der Waals surface area contributed by atoms with E-state index in [1.54, 1.807) is 19.1 Å². The predicted octanol–water partition coefficient (Wildman–Crippen LogP) is 2.57. The van der Waals surface area contributed by atoms with Crippen LogP contribution in [0, 0.1) is 25.6 Å². The lowest BCUT2D eigenvalue weighted by Gasteiger charge is -2.17. The molecule has 0 unspecified atom stereocenters. The smallest absolute Gasteiger partial charge is 0.227 e. The van der Waals surface area contributed by atoms with Crippen molar-refractivity contribution in [3.8, 4) is 0 Å². The van der Waals surface area contributed by atoms with Crippen molar-refractivity contribution in [1.29, 1.82) is 0 Å². The molecule has 1 aromatic heterocycles. The van der Waals surface area contributed by atoms with E-state index in [1.165, 1.54) is 22.3 Å². The molecule has 24 heavy (non-hydrogen) atoms. The van der Waals surface area contributed by atoms with Gasteiger partial charge in [-0.25, -0.2) is 9.37 Å². The molecular weight excluding hydrogens is 329 g/mol. The second-order valence-corrected chi connectivity index (χ2v) is 6.88. The normalized spacial score (nSPS) is 17.4. The lowest BCUT2D eigenvalue weighted by atomic mass is 10.1. The monoisotopic (exact) mass is 347 g/mol. The fourth-order valence-electron chi connectivity index (χ4n) is 2.67. The first-order valence-electron chi connectivity index (χ1n) is 7.69. The van der Waals surface area contributed by atoms with Crippen LogP contribution in [0.25, 0.3) is 0 Å². The SMILES string of the molecule is Cc1csc(CNC(=O)[C@H]2CC(=O)N(c3ccc(C)c(F)c3)C2)n1. The molecule has 0 aliphatic carbocycles. The first-order valence-corrected chi connectivity index (χ1v) is 8.57. The Kier molecular flexibility index (Phi) is 4.62. The number of anilines is 1. The molecular formula is C17H18FN3O2S. The number of thiazole rings is 1. The maximum absolute atomic E-state index is 13.7. The summed E-state index contributed by atoms with van der Waals surface area (Å²) in [5.41, 5.74) is 1.94. The molecule has 0 saturated carbocycles. The van der Waals surface area contributed by atoms with Gasteiger partial charge in [0.2, 0.25) is 11.8 Å². The summed E-state index contributed by atoms with van der Waals surface area (Å²) in [6, 6.07) is 4.68. The fourth-order valence-corrected chi connectivity index (χ4v) is 3.38. The summed E-state index contributed by atoms with van der Waals surface area (Å²) >= 11 is 1.49. The Morgan fingerprint density at radius 2 is 2.25 bits per heavy atom. The van der Waals surface area contributed by atoms with Crippen LogP contribution in [0.3, 0.4) is 0 Å². The summed E-state index contributed by atoms with van der Waals surface area (Å²) in [5.74, 6) is -1.12. The van der Waals surface area contributed by atoms with Crippen molar-refractivity contribution in [2.45, 2.75) is 26.8 Å². The average Bonchev–Trinajstić information content (AvgIpc) is 3.14. The van der Waals surface area contributed by atoms with Gasteiger partial charge in [0.25, 0.3) is 0 Å². The van der Waals surface area contributed by atoms with Crippen molar-refractivity contribution in [3.05, 3.63) is 45.7 Å². The van der Waals surface area contributed by atoms with E-state index in [9.17, 15) is 14.0 Å². The van der Waals surface area contributed by atoms with Gasteiger partial charge in [-0.1, -0.05) is 6.07 Å². The number of carbonyl (C=O) groups excluding carboxylic acids is 2. The summed E-state index contributed by atoms with van der Waals surface area (Å²) < 4.78 is 13.7. The molecule has 1 fully saturated rings. The van der Waals surface area contributed by atoms with E-state index in [0.29, 0.717) is 17.8 Å². The molecule has 0 spiro atoms. The molecule has 0 bridgehead atoms. The minimum Gasteiger partial charge on any atom is -0.349 e. The van der Waals surface area contributed by atoms with E-state index in [-0.39, 0.29) is 30.6 Å². The van der Waals surface area contributed by atoms with Gasteiger partial charge in [-0.3, -0.25) is 9.59 Å². The summed E-state index contributed by atoms with van der Waals surface area (Å²) in [6.45, 7) is 4.20. The van der Waals surface area contributed by atoms with Crippen LogP contribution >= 0.6 is 11.3 Å². The minimum atomic E-state index is -0.428. The molecule has 0 radical (unpaired) electrons. The zero-order valence-electron chi connectivity index (χ0n) is 13.5. The number of halogens is 1. The molecule has 126 valence electrons. The van der Waals surface area contributed by atoms with Gasteiger partial charge in [-0.15, -0.1) is 11.3 Å². The Balaban J connectivity index is 1.63. The number of aryl methyl sites for hydroxylation is 2. The number of aromatic nitrogens is 1. The fraction of sp³-hybridized carbons (Fsp3) is 0.353. The molecule has 2 heterocycles. The van der Waals surface area contributed by atoms with Crippen molar-refractivity contribution < 1.29 is 14.0 Å². The minimum absolute atomic E-state index is 0.137. The van der Waals surface area contributed by atoms with Gasteiger partial charge in [0.05, 0.1) is 12.5 Å². The van der Waals surface area contributed by atoms with Crippen LogP contribution in [0.15, 0.2) is 23.6 Å². The quantitative estimate of drug-likeness (QED) is 0.925. The highest BCUT2D eigenvalue weighted by atomic mass is 32.1. The van der Waals surface area contributed by atoms with Crippen molar-refractivity contribution in [2.75, 3.05) is 11.4 Å². The van der Waals surface area contributed by atoms with Crippen LogP contribution in [0.1, 0.15) is 22.7 Å². The van der Waals surface area contributed by atoms with Crippen LogP contribution in [-0.2, 0) is 16.1 Å². The van der Waals surface area contributed by atoms with Crippen molar-refractivity contribution in [3.63, 3.8) is 0 Å². The number of nitrogens with zero attached hydrogens (tertiary/aromatic N) is 2. The Morgan fingerprint density at radius 1 is 1.46 bits per heavy atom. The topological polar surface area (TPSA) is 62.3 Å². The molecule has 1 N–H and O–H groups in total. The Bertz CT molecular complexity index is 790. The molecule has 2 amide bonds. The molecule has 1 aliphatic heterocycles. The first-order chi connectivity index (χ1) is 11.4. The third kappa shape index (κ3) is 3.46. The third-order valence-corrected chi connectivity index (χ3v) is 5.01.